The maximum atomic E-state index is 12.7. The summed E-state index contributed by atoms with van der Waals surface area (Å²) in [5.74, 6) is 1.72. The summed E-state index contributed by atoms with van der Waals surface area (Å²) in [5.41, 5.74) is 1.36. The zero-order chi connectivity index (χ0) is 18.5. The smallest absolute Gasteiger partial charge is 0.235 e. The van der Waals surface area contributed by atoms with E-state index >= 15 is 0 Å². The van der Waals surface area contributed by atoms with Crippen LogP contribution in [0.5, 0.6) is 23.0 Å². The molecule has 1 heterocycles. The largest absolute Gasteiger partial charge is 0.493 e. The van der Waals surface area contributed by atoms with E-state index in [-0.39, 0.29) is 11.2 Å². The molecule has 5 heteroatoms. The lowest BCUT2D eigenvalue weighted by atomic mass is 10.2. The molecule has 1 aromatic heterocycles. The van der Waals surface area contributed by atoms with Crippen LogP contribution in [-0.4, -0.2) is 13.7 Å². The van der Waals surface area contributed by atoms with Gasteiger partial charge < -0.3 is 18.6 Å². The Morgan fingerprint density at radius 2 is 1.85 bits per heavy atom. The Morgan fingerprint density at radius 1 is 1.08 bits per heavy atom. The van der Waals surface area contributed by atoms with Gasteiger partial charge in [0.1, 0.15) is 24.2 Å². The van der Waals surface area contributed by atoms with Gasteiger partial charge in [-0.05, 0) is 44.2 Å². The monoisotopic (exact) mass is 352 g/mol. The van der Waals surface area contributed by atoms with Crippen molar-refractivity contribution in [1.29, 1.82) is 0 Å². The van der Waals surface area contributed by atoms with Crippen LogP contribution in [0.1, 0.15) is 13.8 Å². The van der Waals surface area contributed by atoms with Crippen LogP contribution in [0.2, 0.25) is 0 Å². The second kappa shape index (κ2) is 7.78. The molecular weight excluding hydrogens is 332 g/mol. The van der Waals surface area contributed by atoms with E-state index in [4.69, 9.17) is 18.6 Å². The first-order valence-electron chi connectivity index (χ1n) is 8.21. The second-order valence-corrected chi connectivity index (χ2v) is 5.93. The number of allylic oxidation sites excluding steroid dienone is 1. The predicted octanol–water partition coefficient (Wildman–Crippen LogP) is 4.94. The molecule has 0 fully saturated rings. The van der Waals surface area contributed by atoms with Crippen molar-refractivity contribution in [3.8, 4) is 23.0 Å². The third-order valence-corrected chi connectivity index (χ3v) is 3.74. The van der Waals surface area contributed by atoms with Crippen molar-refractivity contribution in [1.82, 2.24) is 0 Å². The van der Waals surface area contributed by atoms with Crippen molar-refractivity contribution in [2.45, 2.75) is 13.8 Å². The van der Waals surface area contributed by atoms with Crippen molar-refractivity contribution in [2.24, 2.45) is 0 Å². The third-order valence-electron chi connectivity index (χ3n) is 3.74. The number of benzene rings is 2. The number of ether oxygens (including phenoxy) is 3. The molecule has 2 aromatic carbocycles. The molecule has 0 N–H and O–H groups in total. The molecule has 0 spiro atoms. The number of fused-ring (bicyclic) bond motifs is 1. The Labute approximate surface area is 151 Å². The molecule has 134 valence electrons. The minimum absolute atomic E-state index is 0.0974. The van der Waals surface area contributed by atoms with Gasteiger partial charge >= 0.3 is 0 Å². The summed E-state index contributed by atoms with van der Waals surface area (Å²) in [6.07, 6.45) is 3.28. The van der Waals surface area contributed by atoms with Gasteiger partial charge in [0.2, 0.25) is 11.2 Å². The number of hydrogen-bond donors (Lipinski definition) is 0. The quantitative estimate of drug-likeness (QED) is 0.588. The van der Waals surface area contributed by atoms with E-state index in [0.717, 1.165) is 0 Å². The van der Waals surface area contributed by atoms with Gasteiger partial charge in [0.15, 0.2) is 11.5 Å². The predicted molar refractivity (Wildman–Crippen MR) is 100 cm³/mol. The van der Waals surface area contributed by atoms with Crippen LogP contribution in [0.3, 0.4) is 0 Å². The Hall–Kier alpha value is -3.21. The van der Waals surface area contributed by atoms with E-state index in [9.17, 15) is 4.79 Å². The summed E-state index contributed by atoms with van der Waals surface area (Å²) in [4.78, 5) is 12.7. The highest BCUT2D eigenvalue weighted by atomic mass is 16.5. The second-order valence-electron chi connectivity index (χ2n) is 5.93. The lowest BCUT2D eigenvalue weighted by Gasteiger charge is -2.10. The zero-order valence-corrected chi connectivity index (χ0v) is 14.9. The zero-order valence-electron chi connectivity index (χ0n) is 14.9. The van der Waals surface area contributed by atoms with Crippen molar-refractivity contribution in [3.63, 3.8) is 0 Å². The average molecular weight is 352 g/mol. The minimum atomic E-state index is -0.256. The van der Waals surface area contributed by atoms with Gasteiger partial charge in [-0.25, -0.2) is 0 Å². The molecule has 0 aliphatic rings. The summed E-state index contributed by atoms with van der Waals surface area (Å²) in [7, 11) is 1.54. The Morgan fingerprint density at radius 3 is 2.58 bits per heavy atom. The van der Waals surface area contributed by atoms with Crippen molar-refractivity contribution < 1.29 is 18.6 Å². The van der Waals surface area contributed by atoms with Crippen LogP contribution in [0, 0.1) is 0 Å². The van der Waals surface area contributed by atoms with Gasteiger partial charge in [-0.2, -0.15) is 0 Å². The molecule has 3 rings (SSSR count). The van der Waals surface area contributed by atoms with Crippen LogP contribution in [0.15, 0.2) is 69.6 Å². The number of para-hydroxylation sites is 2. The highest BCUT2D eigenvalue weighted by Gasteiger charge is 2.12. The molecule has 0 bridgehead atoms. The van der Waals surface area contributed by atoms with Gasteiger partial charge in [0.05, 0.1) is 12.5 Å². The van der Waals surface area contributed by atoms with Gasteiger partial charge in [-0.15, -0.1) is 0 Å². The van der Waals surface area contributed by atoms with E-state index in [1.54, 1.807) is 43.5 Å². The van der Waals surface area contributed by atoms with Crippen molar-refractivity contribution in [2.75, 3.05) is 13.7 Å². The molecule has 0 saturated heterocycles. The summed E-state index contributed by atoms with van der Waals surface area (Å²) in [6, 6.07) is 12.2. The van der Waals surface area contributed by atoms with Crippen LogP contribution in [0.25, 0.3) is 11.0 Å². The first-order valence-corrected chi connectivity index (χ1v) is 8.21. The van der Waals surface area contributed by atoms with E-state index < -0.39 is 0 Å². The van der Waals surface area contributed by atoms with Crippen LogP contribution in [0.4, 0.5) is 0 Å². The number of hydrogen-bond acceptors (Lipinski definition) is 5. The highest BCUT2D eigenvalue weighted by molar-refractivity contribution is 5.79. The number of methoxy groups -OCH3 is 1. The van der Waals surface area contributed by atoms with Crippen LogP contribution >= 0.6 is 0 Å². The van der Waals surface area contributed by atoms with Gasteiger partial charge in [-0.1, -0.05) is 17.7 Å². The fourth-order valence-corrected chi connectivity index (χ4v) is 2.38. The normalized spacial score (nSPS) is 10.4. The molecule has 0 unspecified atom stereocenters. The van der Waals surface area contributed by atoms with E-state index in [0.29, 0.717) is 34.8 Å². The van der Waals surface area contributed by atoms with Crippen molar-refractivity contribution >= 4 is 11.0 Å². The molecule has 5 nitrogen and oxygen atoms in total. The first-order chi connectivity index (χ1) is 12.6. The molecule has 0 aliphatic carbocycles. The minimum Gasteiger partial charge on any atom is -0.493 e. The Bertz CT molecular complexity index is 997. The SMILES string of the molecule is COc1ccccc1Oc1coc2cc(OCC=C(C)C)ccc2c1=O. The highest BCUT2D eigenvalue weighted by Crippen LogP contribution is 2.30. The van der Waals surface area contributed by atoms with E-state index in [1.165, 1.54) is 11.8 Å². The Balaban J connectivity index is 1.89. The summed E-state index contributed by atoms with van der Waals surface area (Å²) >= 11 is 0. The molecule has 0 atom stereocenters. The van der Waals surface area contributed by atoms with Gasteiger partial charge in [-0.3, -0.25) is 4.79 Å². The first kappa shape index (κ1) is 17.6. The Kier molecular flexibility index (Phi) is 5.27. The maximum absolute atomic E-state index is 12.7. The molecule has 0 amide bonds. The number of rotatable bonds is 6. The molecule has 3 aromatic rings. The van der Waals surface area contributed by atoms with Gasteiger partial charge in [0, 0.05) is 6.07 Å². The van der Waals surface area contributed by atoms with Gasteiger partial charge in [0.25, 0.3) is 0 Å². The van der Waals surface area contributed by atoms with E-state index in [2.05, 4.69) is 0 Å². The molecular formula is C21H20O5. The molecule has 0 saturated carbocycles. The summed E-state index contributed by atoms with van der Waals surface area (Å²) in [6.45, 7) is 4.48. The standard InChI is InChI=1S/C21H20O5/c1-14(2)10-11-24-15-8-9-16-19(12-15)25-13-20(21(16)22)26-18-7-5-4-6-17(18)23-3/h4-10,12-13H,11H2,1-3H3. The maximum Gasteiger partial charge on any atom is 0.235 e. The average Bonchev–Trinajstić information content (AvgIpc) is 2.64. The van der Waals surface area contributed by atoms with Crippen molar-refractivity contribution in [3.05, 3.63) is 70.6 Å². The third kappa shape index (κ3) is 3.88. The lowest BCUT2D eigenvalue weighted by Crippen LogP contribution is -2.05. The lowest BCUT2D eigenvalue weighted by molar-refractivity contribution is 0.361. The topological polar surface area (TPSA) is 57.9 Å². The van der Waals surface area contributed by atoms with Crippen LogP contribution < -0.4 is 19.6 Å². The van der Waals surface area contributed by atoms with Crippen LogP contribution in [-0.2, 0) is 0 Å². The van der Waals surface area contributed by atoms with E-state index in [1.807, 2.05) is 26.0 Å². The molecule has 26 heavy (non-hydrogen) atoms. The summed E-state index contributed by atoms with van der Waals surface area (Å²) in [5, 5.41) is 0.423. The fourth-order valence-electron chi connectivity index (χ4n) is 2.38. The molecule has 0 radical (unpaired) electrons. The summed E-state index contributed by atoms with van der Waals surface area (Å²) < 4.78 is 22.1. The molecule has 0 aliphatic heterocycles. The fraction of sp³-hybridized carbons (Fsp3) is 0.190.